The summed E-state index contributed by atoms with van der Waals surface area (Å²) >= 11 is 3.50. The molecule has 2 N–H and O–H groups in total. The van der Waals surface area contributed by atoms with Crippen molar-refractivity contribution in [1.29, 1.82) is 0 Å². The van der Waals surface area contributed by atoms with E-state index >= 15 is 0 Å². The first-order chi connectivity index (χ1) is 12.1. The zero-order valence-electron chi connectivity index (χ0n) is 14.1. The Morgan fingerprint density at radius 3 is 2.48 bits per heavy atom. The molecular formula is C18H21BrN4O2. The van der Waals surface area contributed by atoms with Crippen LogP contribution in [0.3, 0.4) is 0 Å². The number of anilines is 1. The van der Waals surface area contributed by atoms with Gasteiger partial charge in [0, 0.05) is 36.7 Å². The summed E-state index contributed by atoms with van der Waals surface area (Å²) in [5.74, 6) is 0.422. The monoisotopic (exact) mass is 404 g/mol. The Morgan fingerprint density at radius 2 is 1.88 bits per heavy atom. The third-order valence-corrected chi connectivity index (χ3v) is 5.17. The third-order valence-electron chi connectivity index (χ3n) is 4.64. The van der Waals surface area contributed by atoms with Crippen molar-refractivity contribution in [3.8, 4) is 0 Å². The molecule has 132 valence electrons. The second kappa shape index (κ2) is 7.93. The molecule has 1 aromatic heterocycles. The van der Waals surface area contributed by atoms with Crippen molar-refractivity contribution >= 4 is 27.7 Å². The van der Waals surface area contributed by atoms with Gasteiger partial charge >= 0.3 is 0 Å². The van der Waals surface area contributed by atoms with Crippen molar-refractivity contribution in [2.45, 2.75) is 18.3 Å². The average molecular weight is 405 g/mol. The topological polar surface area (TPSA) is 76.1 Å². The first-order valence-corrected chi connectivity index (χ1v) is 9.06. The van der Waals surface area contributed by atoms with E-state index in [2.05, 4.69) is 61.0 Å². The summed E-state index contributed by atoms with van der Waals surface area (Å²) in [6.45, 7) is 2.24. The summed E-state index contributed by atoms with van der Waals surface area (Å²) in [5, 5.41) is 14.0. The number of benzene rings is 1. The Bertz CT molecular complexity index is 713. The van der Waals surface area contributed by atoms with Gasteiger partial charge in [0.1, 0.15) is 5.82 Å². The van der Waals surface area contributed by atoms with Crippen LogP contribution in [0.2, 0.25) is 0 Å². The van der Waals surface area contributed by atoms with Crippen LogP contribution in [0.1, 0.15) is 28.9 Å². The van der Waals surface area contributed by atoms with Gasteiger partial charge in [0.15, 0.2) is 5.69 Å². The van der Waals surface area contributed by atoms with E-state index in [4.69, 9.17) is 4.74 Å². The standard InChI is InChI=1S/C18H21BrN4O2/c1-20-17(24)15-6-7-16(23-22-15)21-12-18(8-10-25-11-9-18)13-2-4-14(19)5-3-13/h2-7H,8-12H2,1H3,(H,20,24)(H,21,23). The first-order valence-electron chi connectivity index (χ1n) is 8.26. The fraction of sp³-hybridized carbons (Fsp3) is 0.389. The normalized spacial score (nSPS) is 16.2. The van der Waals surface area contributed by atoms with E-state index in [1.807, 2.05) is 0 Å². The molecule has 1 aliphatic rings. The molecule has 0 radical (unpaired) electrons. The Hall–Kier alpha value is -1.99. The summed E-state index contributed by atoms with van der Waals surface area (Å²) in [6.07, 6.45) is 1.90. The highest BCUT2D eigenvalue weighted by atomic mass is 79.9. The number of nitrogens with one attached hydrogen (secondary N) is 2. The minimum absolute atomic E-state index is 0.0000942. The van der Waals surface area contributed by atoms with Crippen LogP contribution in [0.4, 0.5) is 5.82 Å². The molecule has 2 heterocycles. The van der Waals surface area contributed by atoms with Gasteiger partial charge in [-0.25, -0.2) is 0 Å². The van der Waals surface area contributed by atoms with Crippen molar-refractivity contribution in [1.82, 2.24) is 15.5 Å². The van der Waals surface area contributed by atoms with Gasteiger partial charge in [0.25, 0.3) is 5.91 Å². The Kier molecular flexibility index (Phi) is 5.65. The molecule has 1 amide bonds. The van der Waals surface area contributed by atoms with Crippen LogP contribution < -0.4 is 10.6 Å². The Labute approximate surface area is 155 Å². The number of amides is 1. The lowest BCUT2D eigenvalue weighted by Gasteiger charge is -2.38. The fourth-order valence-electron chi connectivity index (χ4n) is 3.07. The second-order valence-electron chi connectivity index (χ2n) is 6.14. The molecule has 0 unspecified atom stereocenters. The minimum Gasteiger partial charge on any atom is -0.381 e. The number of ether oxygens (including phenoxy) is 1. The van der Waals surface area contributed by atoms with E-state index in [1.165, 1.54) is 5.56 Å². The third kappa shape index (κ3) is 4.16. The molecule has 0 aliphatic carbocycles. The highest BCUT2D eigenvalue weighted by Crippen LogP contribution is 2.35. The lowest BCUT2D eigenvalue weighted by Crippen LogP contribution is -2.40. The van der Waals surface area contributed by atoms with Crippen molar-refractivity contribution < 1.29 is 9.53 Å². The Balaban J connectivity index is 1.75. The van der Waals surface area contributed by atoms with Crippen LogP contribution in [0, 0.1) is 0 Å². The van der Waals surface area contributed by atoms with Crippen LogP contribution in [0.15, 0.2) is 40.9 Å². The molecule has 0 spiro atoms. The van der Waals surface area contributed by atoms with Crippen LogP contribution >= 0.6 is 15.9 Å². The second-order valence-corrected chi connectivity index (χ2v) is 7.05. The van der Waals surface area contributed by atoms with E-state index < -0.39 is 0 Å². The lowest BCUT2D eigenvalue weighted by molar-refractivity contribution is 0.0543. The number of carbonyl (C=O) groups is 1. The Morgan fingerprint density at radius 1 is 1.16 bits per heavy atom. The molecule has 0 saturated carbocycles. The molecule has 25 heavy (non-hydrogen) atoms. The lowest BCUT2D eigenvalue weighted by atomic mass is 9.74. The van der Waals surface area contributed by atoms with Crippen molar-refractivity contribution in [3.05, 3.63) is 52.1 Å². The fourth-order valence-corrected chi connectivity index (χ4v) is 3.33. The molecule has 2 aromatic rings. The van der Waals surface area contributed by atoms with E-state index in [0.29, 0.717) is 11.5 Å². The summed E-state index contributed by atoms with van der Waals surface area (Å²) in [6, 6.07) is 11.9. The number of rotatable bonds is 5. The average Bonchev–Trinajstić information content (AvgIpc) is 2.67. The molecule has 6 nitrogen and oxygen atoms in total. The molecule has 1 fully saturated rings. The zero-order chi connectivity index (χ0) is 17.7. The van der Waals surface area contributed by atoms with Gasteiger partial charge in [-0.3, -0.25) is 4.79 Å². The summed E-state index contributed by atoms with van der Waals surface area (Å²) < 4.78 is 6.64. The molecular weight excluding hydrogens is 384 g/mol. The maximum absolute atomic E-state index is 11.5. The number of aromatic nitrogens is 2. The maximum atomic E-state index is 11.5. The highest BCUT2D eigenvalue weighted by molar-refractivity contribution is 9.10. The van der Waals surface area contributed by atoms with Crippen LogP contribution in [-0.2, 0) is 10.2 Å². The van der Waals surface area contributed by atoms with Gasteiger partial charge in [0.2, 0.25) is 0 Å². The van der Waals surface area contributed by atoms with Crippen LogP contribution in [0.25, 0.3) is 0 Å². The maximum Gasteiger partial charge on any atom is 0.271 e. The number of carbonyl (C=O) groups excluding carboxylic acids is 1. The van der Waals surface area contributed by atoms with Gasteiger partial charge in [-0.2, -0.15) is 0 Å². The van der Waals surface area contributed by atoms with E-state index in [0.717, 1.165) is 37.1 Å². The van der Waals surface area contributed by atoms with E-state index in [-0.39, 0.29) is 11.3 Å². The molecule has 1 aliphatic heterocycles. The van der Waals surface area contributed by atoms with Gasteiger partial charge in [-0.15, -0.1) is 10.2 Å². The van der Waals surface area contributed by atoms with E-state index in [1.54, 1.807) is 19.2 Å². The number of nitrogens with zero attached hydrogens (tertiary/aromatic N) is 2. The van der Waals surface area contributed by atoms with Crippen molar-refractivity contribution in [2.75, 3.05) is 32.1 Å². The molecule has 0 bridgehead atoms. The molecule has 0 atom stereocenters. The molecule has 7 heteroatoms. The predicted octanol–water partition coefficient (Wildman–Crippen LogP) is 2.76. The van der Waals surface area contributed by atoms with Gasteiger partial charge in [-0.1, -0.05) is 28.1 Å². The molecule has 1 aromatic carbocycles. The van der Waals surface area contributed by atoms with Crippen molar-refractivity contribution in [2.24, 2.45) is 0 Å². The summed E-state index contributed by atoms with van der Waals surface area (Å²) in [4.78, 5) is 11.5. The minimum atomic E-state index is -0.241. The highest BCUT2D eigenvalue weighted by Gasteiger charge is 2.34. The molecule has 3 rings (SSSR count). The quantitative estimate of drug-likeness (QED) is 0.800. The van der Waals surface area contributed by atoms with Crippen LogP contribution in [0.5, 0.6) is 0 Å². The smallest absolute Gasteiger partial charge is 0.271 e. The summed E-state index contributed by atoms with van der Waals surface area (Å²) in [5.41, 5.74) is 1.60. The molecule has 1 saturated heterocycles. The van der Waals surface area contributed by atoms with Crippen LogP contribution in [-0.4, -0.2) is 42.9 Å². The number of halogens is 1. The predicted molar refractivity (Wildman–Crippen MR) is 99.8 cm³/mol. The number of hydrogen-bond donors (Lipinski definition) is 2. The summed E-state index contributed by atoms with van der Waals surface area (Å²) in [7, 11) is 1.57. The van der Waals surface area contributed by atoms with Crippen molar-refractivity contribution in [3.63, 3.8) is 0 Å². The first kappa shape index (κ1) is 17.8. The van der Waals surface area contributed by atoms with E-state index in [9.17, 15) is 4.79 Å². The van der Waals surface area contributed by atoms with Gasteiger partial charge in [0.05, 0.1) is 0 Å². The van der Waals surface area contributed by atoms with Gasteiger partial charge in [-0.05, 0) is 42.7 Å². The number of hydrogen-bond acceptors (Lipinski definition) is 5. The SMILES string of the molecule is CNC(=O)c1ccc(NCC2(c3ccc(Br)cc3)CCOCC2)nn1. The van der Waals surface area contributed by atoms with Gasteiger partial charge < -0.3 is 15.4 Å². The zero-order valence-corrected chi connectivity index (χ0v) is 15.7. The largest absolute Gasteiger partial charge is 0.381 e.